The highest BCUT2D eigenvalue weighted by Gasteiger charge is 2.47. The third-order valence-corrected chi connectivity index (χ3v) is 2.42. The van der Waals surface area contributed by atoms with Crippen molar-refractivity contribution >= 4 is 0 Å². The summed E-state index contributed by atoms with van der Waals surface area (Å²) < 4.78 is 18.0. The molecule has 1 nitrogen and oxygen atoms in total. The van der Waals surface area contributed by atoms with Crippen molar-refractivity contribution < 1.29 is 9.13 Å². The summed E-state index contributed by atoms with van der Waals surface area (Å²) in [5.41, 5.74) is 2.32. The number of hydrogen-bond acceptors (Lipinski definition) is 1. The van der Waals surface area contributed by atoms with Gasteiger partial charge in [-0.05, 0) is 23.3 Å². The van der Waals surface area contributed by atoms with Gasteiger partial charge in [0.15, 0.2) is 0 Å². The first-order chi connectivity index (χ1) is 5.34. The molecule has 1 aromatic carbocycles. The smallest absolute Gasteiger partial charge is 0.123 e. The molecule has 0 amide bonds. The monoisotopic (exact) mass is 150 g/mol. The van der Waals surface area contributed by atoms with E-state index in [1.165, 1.54) is 11.6 Å². The molecule has 2 atom stereocenters. The summed E-state index contributed by atoms with van der Waals surface area (Å²) in [6.45, 7) is 0. The van der Waals surface area contributed by atoms with Gasteiger partial charge in [-0.2, -0.15) is 0 Å². The summed E-state index contributed by atoms with van der Waals surface area (Å²) in [6, 6.07) is 4.97. The molecule has 56 valence electrons. The number of epoxide rings is 1. The molecule has 11 heavy (non-hydrogen) atoms. The zero-order valence-corrected chi connectivity index (χ0v) is 5.88. The Hall–Kier alpha value is -0.890. The van der Waals surface area contributed by atoms with Gasteiger partial charge in [0.05, 0.1) is 6.10 Å². The largest absolute Gasteiger partial charge is 0.364 e. The van der Waals surface area contributed by atoms with Crippen LogP contribution >= 0.6 is 0 Å². The predicted octanol–water partition coefficient (Wildman–Crippen LogP) is 1.82. The van der Waals surface area contributed by atoms with E-state index >= 15 is 0 Å². The molecular weight excluding hydrogens is 143 g/mol. The summed E-state index contributed by atoms with van der Waals surface area (Å²) in [5.74, 6) is -0.153. The van der Waals surface area contributed by atoms with E-state index in [-0.39, 0.29) is 11.9 Å². The van der Waals surface area contributed by atoms with Gasteiger partial charge in [-0.1, -0.05) is 6.07 Å². The number of halogens is 1. The second-order valence-corrected chi connectivity index (χ2v) is 3.14. The molecule has 0 radical (unpaired) electrons. The van der Waals surface area contributed by atoms with Crippen LogP contribution in [0.15, 0.2) is 18.2 Å². The fraction of sp³-hybridized carbons (Fsp3) is 0.333. The lowest BCUT2D eigenvalue weighted by atomic mass is 10.1. The van der Waals surface area contributed by atoms with Crippen LogP contribution in [0.4, 0.5) is 4.39 Å². The van der Waals surface area contributed by atoms with E-state index in [9.17, 15) is 4.39 Å². The van der Waals surface area contributed by atoms with E-state index in [1.54, 1.807) is 6.07 Å². The van der Waals surface area contributed by atoms with E-state index in [1.807, 2.05) is 6.07 Å². The van der Waals surface area contributed by atoms with Gasteiger partial charge < -0.3 is 4.74 Å². The number of fused-ring (bicyclic) bond motifs is 3. The number of rotatable bonds is 0. The van der Waals surface area contributed by atoms with Gasteiger partial charge in [0, 0.05) is 6.42 Å². The summed E-state index contributed by atoms with van der Waals surface area (Å²) in [7, 11) is 0. The van der Waals surface area contributed by atoms with Crippen LogP contribution in [0.3, 0.4) is 0 Å². The Kier molecular flexibility index (Phi) is 0.853. The lowest BCUT2D eigenvalue weighted by Crippen LogP contribution is -1.89. The first kappa shape index (κ1) is 5.72. The standard InChI is InChI=1S/C9H7FO/c10-6-2-1-5-3-8-9(11-8)7(5)4-6/h1-2,4,8-9H,3H2/t8-,9-/m1/s1. The third-order valence-electron chi connectivity index (χ3n) is 2.42. The fourth-order valence-corrected chi connectivity index (χ4v) is 1.80. The number of hydrogen-bond donors (Lipinski definition) is 0. The van der Waals surface area contributed by atoms with Crippen LogP contribution in [0.2, 0.25) is 0 Å². The molecule has 1 aliphatic carbocycles. The molecule has 2 aliphatic rings. The molecule has 0 aromatic heterocycles. The van der Waals surface area contributed by atoms with Crippen molar-refractivity contribution in [1.82, 2.24) is 0 Å². The number of ether oxygens (including phenoxy) is 1. The van der Waals surface area contributed by atoms with Gasteiger partial charge in [0.25, 0.3) is 0 Å². The molecule has 1 saturated heterocycles. The van der Waals surface area contributed by atoms with Crippen molar-refractivity contribution in [3.63, 3.8) is 0 Å². The minimum atomic E-state index is -0.153. The van der Waals surface area contributed by atoms with E-state index in [4.69, 9.17) is 4.74 Å². The quantitative estimate of drug-likeness (QED) is 0.514. The average molecular weight is 150 g/mol. The summed E-state index contributed by atoms with van der Waals surface area (Å²) in [4.78, 5) is 0. The zero-order chi connectivity index (χ0) is 7.42. The zero-order valence-electron chi connectivity index (χ0n) is 5.88. The summed E-state index contributed by atoms with van der Waals surface area (Å²) >= 11 is 0. The first-order valence-corrected chi connectivity index (χ1v) is 3.78. The minimum absolute atomic E-state index is 0.153. The van der Waals surface area contributed by atoms with E-state index in [0.717, 1.165) is 12.0 Å². The van der Waals surface area contributed by atoms with Gasteiger partial charge in [0.1, 0.15) is 11.9 Å². The van der Waals surface area contributed by atoms with Crippen LogP contribution in [0.1, 0.15) is 17.2 Å². The molecule has 0 saturated carbocycles. The molecular formula is C9H7FO. The number of benzene rings is 1. The molecule has 0 bridgehead atoms. The Morgan fingerprint density at radius 1 is 1.45 bits per heavy atom. The lowest BCUT2D eigenvalue weighted by molar-refractivity contribution is 0.360. The van der Waals surface area contributed by atoms with Crippen LogP contribution in [0.5, 0.6) is 0 Å². The Morgan fingerprint density at radius 2 is 2.36 bits per heavy atom. The van der Waals surface area contributed by atoms with Crippen LogP contribution in [0.25, 0.3) is 0 Å². The second kappa shape index (κ2) is 1.64. The van der Waals surface area contributed by atoms with Crippen LogP contribution < -0.4 is 0 Å². The van der Waals surface area contributed by atoms with Gasteiger partial charge in [-0.25, -0.2) is 4.39 Å². The second-order valence-electron chi connectivity index (χ2n) is 3.14. The van der Waals surface area contributed by atoms with Crippen LogP contribution in [0, 0.1) is 5.82 Å². The molecule has 0 unspecified atom stereocenters. The SMILES string of the molecule is Fc1ccc2c(c1)[C@H]1O[C@@H]1C2. The maximum absolute atomic E-state index is 12.7. The molecule has 1 aromatic rings. The van der Waals surface area contributed by atoms with E-state index in [0.29, 0.717) is 6.10 Å². The van der Waals surface area contributed by atoms with Gasteiger partial charge >= 0.3 is 0 Å². The molecule has 0 N–H and O–H groups in total. The third kappa shape index (κ3) is 0.676. The van der Waals surface area contributed by atoms with Gasteiger partial charge in [-0.3, -0.25) is 0 Å². The Labute approximate surface area is 63.8 Å². The van der Waals surface area contributed by atoms with E-state index < -0.39 is 0 Å². The molecule has 1 heterocycles. The van der Waals surface area contributed by atoms with Crippen LogP contribution in [-0.4, -0.2) is 6.10 Å². The highest BCUT2D eigenvalue weighted by atomic mass is 19.1. The topological polar surface area (TPSA) is 12.5 Å². The lowest BCUT2D eigenvalue weighted by Gasteiger charge is -2.00. The maximum Gasteiger partial charge on any atom is 0.123 e. The van der Waals surface area contributed by atoms with E-state index in [2.05, 4.69) is 0 Å². The van der Waals surface area contributed by atoms with Crippen molar-refractivity contribution in [2.45, 2.75) is 18.6 Å². The Morgan fingerprint density at radius 3 is 3.27 bits per heavy atom. The molecule has 1 aliphatic heterocycles. The van der Waals surface area contributed by atoms with Crippen molar-refractivity contribution in [1.29, 1.82) is 0 Å². The summed E-state index contributed by atoms with van der Waals surface area (Å²) in [5, 5.41) is 0. The first-order valence-electron chi connectivity index (χ1n) is 3.78. The van der Waals surface area contributed by atoms with Gasteiger partial charge in [-0.15, -0.1) is 0 Å². The Bertz CT molecular complexity index is 321. The molecule has 2 heteroatoms. The van der Waals surface area contributed by atoms with Crippen LogP contribution in [-0.2, 0) is 11.2 Å². The molecule has 0 spiro atoms. The van der Waals surface area contributed by atoms with Crippen molar-refractivity contribution in [3.05, 3.63) is 35.1 Å². The highest BCUT2D eigenvalue weighted by Crippen LogP contribution is 2.48. The molecule has 1 fully saturated rings. The van der Waals surface area contributed by atoms with Gasteiger partial charge in [0.2, 0.25) is 0 Å². The molecule has 3 rings (SSSR count). The fourth-order valence-electron chi connectivity index (χ4n) is 1.80. The minimum Gasteiger partial charge on any atom is -0.364 e. The Balaban J connectivity index is 2.20. The maximum atomic E-state index is 12.7. The average Bonchev–Trinajstić information content (AvgIpc) is 2.67. The van der Waals surface area contributed by atoms with Crippen molar-refractivity contribution in [3.8, 4) is 0 Å². The normalized spacial score (nSPS) is 31.4. The van der Waals surface area contributed by atoms with Crippen molar-refractivity contribution in [2.75, 3.05) is 0 Å². The summed E-state index contributed by atoms with van der Waals surface area (Å²) in [6.07, 6.45) is 1.56. The van der Waals surface area contributed by atoms with Crippen molar-refractivity contribution in [2.24, 2.45) is 0 Å². The predicted molar refractivity (Wildman–Crippen MR) is 37.7 cm³/mol. The highest BCUT2D eigenvalue weighted by molar-refractivity contribution is 5.39.